The molecule has 0 saturated carbocycles. The average Bonchev–Trinajstić information content (AvgIpc) is 3.41. The lowest BCUT2D eigenvalue weighted by Gasteiger charge is -2.24. The maximum absolute atomic E-state index is 13.9. The lowest BCUT2D eigenvalue weighted by molar-refractivity contribution is -0.139. The second-order valence-electron chi connectivity index (χ2n) is 8.85. The number of ether oxygens (including phenoxy) is 2. The molecule has 8 heteroatoms. The van der Waals surface area contributed by atoms with Crippen LogP contribution in [0.4, 0.5) is 0 Å². The van der Waals surface area contributed by atoms with Gasteiger partial charge in [-0.3, -0.25) is 9.36 Å². The zero-order chi connectivity index (χ0) is 26.8. The van der Waals surface area contributed by atoms with E-state index in [0.717, 1.165) is 27.8 Å². The molecule has 0 N–H and O–H groups in total. The first-order chi connectivity index (χ1) is 18.5. The SMILES string of the molecule is C=CCn1cc(C=c2sc3n(c2=O)[C@@H](c2ccc(OCC)cc2)C(C(=O)OCC)=C(C)N=3)c2ccccc21. The van der Waals surface area contributed by atoms with Crippen molar-refractivity contribution < 1.29 is 14.3 Å². The van der Waals surface area contributed by atoms with Crippen molar-refractivity contribution in [1.29, 1.82) is 0 Å². The van der Waals surface area contributed by atoms with Crippen LogP contribution in [0.2, 0.25) is 0 Å². The van der Waals surface area contributed by atoms with Gasteiger partial charge in [-0.15, -0.1) is 6.58 Å². The molecule has 1 aliphatic rings. The fraction of sp³-hybridized carbons (Fsp3) is 0.233. The quantitative estimate of drug-likeness (QED) is 0.252. The van der Waals surface area contributed by atoms with Crippen molar-refractivity contribution in [3.05, 3.63) is 109 Å². The maximum Gasteiger partial charge on any atom is 0.338 e. The normalized spacial score (nSPS) is 15.3. The number of carbonyl (C=O) groups excluding carboxylic acids is 1. The maximum atomic E-state index is 13.9. The van der Waals surface area contributed by atoms with Crippen LogP contribution in [0.1, 0.15) is 37.9 Å². The molecule has 194 valence electrons. The van der Waals surface area contributed by atoms with Gasteiger partial charge in [0.15, 0.2) is 4.80 Å². The van der Waals surface area contributed by atoms with Crippen molar-refractivity contribution >= 4 is 34.3 Å². The fourth-order valence-electron chi connectivity index (χ4n) is 4.84. The lowest BCUT2D eigenvalue weighted by atomic mass is 9.96. The van der Waals surface area contributed by atoms with Crippen LogP contribution in [-0.2, 0) is 16.1 Å². The van der Waals surface area contributed by atoms with Crippen LogP contribution in [0.15, 0.2) is 88.4 Å². The average molecular weight is 528 g/mol. The molecular weight excluding hydrogens is 498 g/mol. The Bertz CT molecular complexity index is 1740. The van der Waals surface area contributed by atoms with Crippen LogP contribution in [0.5, 0.6) is 5.75 Å². The number of para-hydroxylation sites is 1. The van der Waals surface area contributed by atoms with Crippen LogP contribution in [0.3, 0.4) is 0 Å². The summed E-state index contributed by atoms with van der Waals surface area (Å²) >= 11 is 1.32. The number of esters is 1. The molecule has 0 unspecified atom stereocenters. The zero-order valence-electron chi connectivity index (χ0n) is 21.6. The summed E-state index contributed by atoms with van der Waals surface area (Å²) in [6, 6.07) is 14.9. The largest absolute Gasteiger partial charge is 0.494 e. The van der Waals surface area contributed by atoms with Gasteiger partial charge in [-0.05, 0) is 50.6 Å². The van der Waals surface area contributed by atoms with Gasteiger partial charge >= 0.3 is 5.97 Å². The van der Waals surface area contributed by atoms with Crippen LogP contribution >= 0.6 is 11.3 Å². The van der Waals surface area contributed by atoms with Gasteiger partial charge in [0.05, 0.1) is 35.1 Å². The minimum absolute atomic E-state index is 0.206. The number of carbonyl (C=O) groups is 1. The molecule has 5 rings (SSSR count). The number of rotatable bonds is 8. The fourth-order valence-corrected chi connectivity index (χ4v) is 5.88. The Balaban J connectivity index is 1.71. The first kappa shape index (κ1) is 25.5. The summed E-state index contributed by atoms with van der Waals surface area (Å²) < 4.78 is 15.2. The molecule has 0 fully saturated rings. The number of thiazole rings is 1. The molecule has 2 aromatic heterocycles. The molecule has 7 nitrogen and oxygen atoms in total. The molecule has 3 heterocycles. The van der Waals surface area contributed by atoms with Crippen molar-refractivity contribution in [3.8, 4) is 5.75 Å². The highest BCUT2D eigenvalue weighted by molar-refractivity contribution is 7.07. The number of hydrogen-bond acceptors (Lipinski definition) is 6. The van der Waals surface area contributed by atoms with E-state index in [2.05, 4.69) is 22.2 Å². The van der Waals surface area contributed by atoms with Crippen molar-refractivity contribution in [2.24, 2.45) is 4.99 Å². The van der Waals surface area contributed by atoms with E-state index in [1.807, 2.05) is 67.7 Å². The highest BCUT2D eigenvalue weighted by atomic mass is 32.1. The Kier molecular flexibility index (Phi) is 7.15. The summed E-state index contributed by atoms with van der Waals surface area (Å²) in [7, 11) is 0. The predicted octanol–water partition coefficient (Wildman–Crippen LogP) is 4.34. The van der Waals surface area contributed by atoms with Gasteiger partial charge in [-0.2, -0.15) is 0 Å². The number of aromatic nitrogens is 2. The van der Waals surface area contributed by atoms with E-state index in [1.54, 1.807) is 18.4 Å². The minimum atomic E-state index is -0.662. The second kappa shape index (κ2) is 10.7. The summed E-state index contributed by atoms with van der Waals surface area (Å²) in [5, 5.41) is 1.05. The lowest BCUT2D eigenvalue weighted by Crippen LogP contribution is -2.39. The third-order valence-electron chi connectivity index (χ3n) is 6.46. The van der Waals surface area contributed by atoms with E-state index < -0.39 is 12.0 Å². The Hall–Kier alpha value is -4.17. The molecule has 0 spiro atoms. The van der Waals surface area contributed by atoms with Crippen molar-refractivity contribution in [2.75, 3.05) is 13.2 Å². The van der Waals surface area contributed by atoms with Crippen molar-refractivity contribution in [3.63, 3.8) is 0 Å². The summed E-state index contributed by atoms with van der Waals surface area (Å²) in [4.78, 5) is 32.2. The first-order valence-corrected chi connectivity index (χ1v) is 13.4. The van der Waals surface area contributed by atoms with Crippen molar-refractivity contribution in [2.45, 2.75) is 33.4 Å². The predicted molar refractivity (Wildman–Crippen MR) is 150 cm³/mol. The third kappa shape index (κ3) is 4.52. The number of fused-ring (bicyclic) bond motifs is 2. The first-order valence-electron chi connectivity index (χ1n) is 12.6. The Morgan fingerprint density at radius 3 is 2.61 bits per heavy atom. The summed E-state index contributed by atoms with van der Waals surface area (Å²) in [6.45, 7) is 10.8. The van der Waals surface area contributed by atoms with Gasteiger partial charge in [0.1, 0.15) is 5.75 Å². The Morgan fingerprint density at radius 2 is 1.89 bits per heavy atom. The Morgan fingerprint density at radius 1 is 1.13 bits per heavy atom. The van der Waals surface area contributed by atoms with E-state index in [0.29, 0.717) is 33.8 Å². The third-order valence-corrected chi connectivity index (χ3v) is 7.44. The summed E-state index contributed by atoms with van der Waals surface area (Å²) in [5.74, 6) is 0.243. The highest BCUT2D eigenvalue weighted by Crippen LogP contribution is 2.31. The molecule has 0 radical (unpaired) electrons. The zero-order valence-corrected chi connectivity index (χ0v) is 22.5. The molecule has 1 aliphatic heterocycles. The number of hydrogen-bond donors (Lipinski definition) is 0. The van der Waals surface area contributed by atoms with Crippen LogP contribution in [-0.4, -0.2) is 28.3 Å². The van der Waals surface area contributed by atoms with Crippen LogP contribution < -0.4 is 19.6 Å². The number of allylic oxidation sites excluding steroid dienone is 2. The molecule has 1 atom stereocenters. The van der Waals surface area contributed by atoms with Crippen LogP contribution in [0.25, 0.3) is 17.0 Å². The summed E-state index contributed by atoms with van der Waals surface area (Å²) in [6.07, 6.45) is 5.79. The van der Waals surface area contributed by atoms with Gasteiger partial charge in [-0.1, -0.05) is 47.7 Å². The van der Waals surface area contributed by atoms with E-state index in [9.17, 15) is 9.59 Å². The topological polar surface area (TPSA) is 74.8 Å². The molecule has 4 aromatic rings. The van der Waals surface area contributed by atoms with Crippen molar-refractivity contribution in [1.82, 2.24) is 9.13 Å². The van der Waals surface area contributed by atoms with Gasteiger partial charge in [-0.25, -0.2) is 9.79 Å². The van der Waals surface area contributed by atoms with E-state index in [1.165, 1.54) is 11.3 Å². The number of nitrogens with zero attached hydrogens (tertiary/aromatic N) is 3. The second-order valence-corrected chi connectivity index (χ2v) is 9.86. The van der Waals surface area contributed by atoms with E-state index >= 15 is 0 Å². The highest BCUT2D eigenvalue weighted by Gasteiger charge is 2.33. The molecule has 2 aromatic carbocycles. The monoisotopic (exact) mass is 527 g/mol. The van der Waals surface area contributed by atoms with Gasteiger partial charge in [0, 0.05) is 29.2 Å². The molecule has 0 amide bonds. The molecule has 38 heavy (non-hydrogen) atoms. The molecule has 0 aliphatic carbocycles. The number of benzene rings is 2. The standard InChI is InChI=1S/C30H29N3O4S/c1-5-16-32-18-21(23-10-8-9-11-24(23)32)17-25-28(34)33-27(20-12-14-22(15-13-20)36-6-2)26(29(35)37-7-3)19(4)31-30(33)38-25/h5,8-15,17-18,27H,1,6-7,16H2,2-4H3/t27-/m0/s1. The van der Waals surface area contributed by atoms with Gasteiger partial charge in [0.25, 0.3) is 5.56 Å². The van der Waals surface area contributed by atoms with Gasteiger partial charge in [0.2, 0.25) is 0 Å². The van der Waals surface area contributed by atoms with Crippen LogP contribution in [0, 0.1) is 0 Å². The van der Waals surface area contributed by atoms with Gasteiger partial charge < -0.3 is 14.0 Å². The minimum Gasteiger partial charge on any atom is -0.494 e. The molecular formula is C30H29N3O4S. The van der Waals surface area contributed by atoms with E-state index in [-0.39, 0.29) is 12.2 Å². The van der Waals surface area contributed by atoms with E-state index in [4.69, 9.17) is 9.47 Å². The smallest absolute Gasteiger partial charge is 0.338 e. The molecule has 0 saturated heterocycles. The molecule has 0 bridgehead atoms. The summed E-state index contributed by atoms with van der Waals surface area (Å²) in [5.41, 5.74) is 3.48. The Labute approximate surface area is 224 Å².